The van der Waals surface area contributed by atoms with Crippen LogP contribution in [-0.2, 0) is 11.3 Å². The normalized spacial score (nSPS) is 25.9. The first-order valence-electron chi connectivity index (χ1n) is 7.37. The average molecular weight is 273 g/mol. The van der Waals surface area contributed by atoms with Crippen molar-refractivity contribution in [2.75, 3.05) is 6.54 Å². The third-order valence-corrected chi connectivity index (χ3v) is 4.50. The lowest BCUT2D eigenvalue weighted by Crippen LogP contribution is -2.50. The third kappa shape index (κ3) is 2.53. The van der Waals surface area contributed by atoms with Gasteiger partial charge in [0, 0.05) is 12.6 Å². The summed E-state index contributed by atoms with van der Waals surface area (Å²) in [5.74, 6) is 0.912. The Morgan fingerprint density at radius 1 is 1.35 bits per heavy atom. The van der Waals surface area contributed by atoms with Gasteiger partial charge in [0.2, 0.25) is 5.91 Å². The fraction of sp³-hybridized carbons (Fsp3) is 0.714. The van der Waals surface area contributed by atoms with E-state index in [1.165, 1.54) is 36.7 Å². The average Bonchev–Trinajstić information content (AvgIpc) is 2.94. The first-order chi connectivity index (χ1) is 9.78. The highest BCUT2D eigenvalue weighted by Gasteiger charge is 2.35. The molecule has 1 aromatic rings. The Labute approximate surface area is 118 Å². The lowest BCUT2D eigenvalue weighted by Gasteiger charge is -2.44. The van der Waals surface area contributed by atoms with E-state index >= 15 is 0 Å². The van der Waals surface area contributed by atoms with Gasteiger partial charge in [-0.15, -0.1) is 5.10 Å². The Kier molecular flexibility index (Phi) is 3.68. The van der Waals surface area contributed by atoms with Crippen molar-refractivity contribution >= 4 is 5.91 Å². The minimum atomic E-state index is 0.107. The van der Waals surface area contributed by atoms with Crippen molar-refractivity contribution in [2.24, 2.45) is 5.92 Å². The number of piperidine rings is 1. The fourth-order valence-electron chi connectivity index (χ4n) is 3.59. The molecule has 20 heavy (non-hydrogen) atoms. The van der Waals surface area contributed by atoms with E-state index in [1.807, 2.05) is 11.0 Å². The van der Waals surface area contributed by atoms with Gasteiger partial charge in [-0.1, -0.05) is 12.8 Å². The molecule has 6 nitrogen and oxygen atoms in total. The van der Waals surface area contributed by atoms with Gasteiger partial charge in [-0.05, 0) is 31.6 Å². The standard InChI is InChI=1S/C14H19N5O/c15-8-13-16-10-18(17-13)9-14(20)19-7-3-5-11-4-1-2-6-12(11)19/h10-12H,1-7,9H2/t11-,12-/m0/s1. The summed E-state index contributed by atoms with van der Waals surface area (Å²) in [5, 5.41) is 12.7. The van der Waals surface area contributed by atoms with Crippen LogP contribution in [0.3, 0.4) is 0 Å². The summed E-state index contributed by atoms with van der Waals surface area (Å²) in [7, 11) is 0. The molecule has 1 saturated carbocycles. The van der Waals surface area contributed by atoms with Crippen LogP contribution in [0.1, 0.15) is 44.3 Å². The van der Waals surface area contributed by atoms with Crippen molar-refractivity contribution in [3.8, 4) is 6.07 Å². The van der Waals surface area contributed by atoms with Crippen LogP contribution in [0.5, 0.6) is 0 Å². The van der Waals surface area contributed by atoms with E-state index in [0.717, 1.165) is 19.4 Å². The van der Waals surface area contributed by atoms with Crippen molar-refractivity contribution in [3.63, 3.8) is 0 Å². The van der Waals surface area contributed by atoms with E-state index in [-0.39, 0.29) is 18.3 Å². The molecule has 2 fully saturated rings. The van der Waals surface area contributed by atoms with Gasteiger partial charge >= 0.3 is 0 Å². The number of fused-ring (bicyclic) bond motifs is 1. The van der Waals surface area contributed by atoms with Crippen molar-refractivity contribution in [2.45, 2.75) is 51.1 Å². The first-order valence-corrected chi connectivity index (χ1v) is 7.37. The largest absolute Gasteiger partial charge is 0.338 e. The molecule has 1 aliphatic heterocycles. The number of nitriles is 1. The van der Waals surface area contributed by atoms with Gasteiger partial charge in [0.15, 0.2) is 0 Å². The molecule has 6 heteroatoms. The van der Waals surface area contributed by atoms with Crippen molar-refractivity contribution in [1.82, 2.24) is 19.7 Å². The number of likely N-dealkylation sites (tertiary alicyclic amines) is 1. The number of carbonyl (C=O) groups excluding carboxylic acids is 1. The van der Waals surface area contributed by atoms with Crippen LogP contribution in [0.15, 0.2) is 6.33 Å². The second-order valence-corrected chi connectivity index (χ2v) is 5.72. The van der Waals surface area contributed by atoms with E-state index < -0.39 is 0 Å². The van der Waals surface area contributed by atoms with Crippen LogP contribution in [0, 0.1) is 17.2 Å². The Morgan fingerprint density at radius 2 is 2.15 bits per heavy atom. The highest BCUT2D eigenvalue weighted by atomic mass is 16.2. The summed E-state index contributed by atoms with van der Waals surface area (Å²) in [6.07, 6.45) is 8.75. The number of hydrogen-bond acceptors (Lipinski definition) is 4. The van der Waals surface area contributed by atoms with Crippen molar-refractivity contribution in [3.05, 3.63) is 12.2 Å². The monoisotopic (exact) mass is 273 g/mol. The maximum Gasteiger partial charge on any atom is 0.252 e. The fourth-order valence-corrected chi connectivity index (χ4v) is 3.59. The SMILES string of the molecule is N#Cc1ncn(CC(=O)N2CCC[C@@H]3CCCC[C@@H]32)n1. The number of rotatable bonds is 2. The van der Waals surface area contributed by atoms with Crippen molar-refractivity contribution < 1.29 is 4.79 Å². The molecule has 0 radical (unpaired) electrons. The summed E-state index contributed by atoms with van der Waals surface area (Å²) in [6.45, 7) is 1.05. The molecule has 3 rings (SSSR count). The van der Waals surface area contributed by atoms with Crippen LogP contribution in [0.2, 0.25) is 0 Å². The molecule has 2 heterocycles. The summed E-state index contributed by atoms with van der Waals surface area (Å²) in [6, 6.07) is 2.30. The molecule has 0 unspecified atom stereocenters. The minimum absolute atomic E-state index is 0.107. The summed E-state index contributed by atoms with van der Waals surface area (Å²) in [4.78, 5) is 18.4. The molecular weight excluding hydrogens is 254 g/mol. The summed E-state index contributed by atoms with van der Waals surface area (Å²) >= 11 is 0. The minimum Gasteiger partial charge on any atom is -0.338 e. The molecule has 2 aliphatic rings. The van der Waals surface area contributed by atoms with Crippen LogP contribution < -0.4 is 0 Å². The number of carbonyl (C=O) groups is 1. The van der Waals surface area contributed by atoms with Gasteiger partial charge in [-0.3, -0.25) is 4.79 Å². The summed E-state index contributed by atoms with van der Waals surface area (Å²) in [5.41, 5.74) is 0. The Balaban J connectivity index is 1.67. The molecule has 0 aromatic carbocycles. The summed E-state index contributed by atoms with van der Waals surface area (Å²) < 4.78 is 1.47. The number of nitrogens with zero attached hydrogens (tertiary/aromatic N) is 5. The second-order valence-electron chi connectivity index (χ2n) is 5.72. The quantitative estimate of drug-likeness (QED) is 0.814. The number of amides is 1. The molecule has 0 spiro atoms. The van der Waals surface area contributed by atoms with Gasteiger partial charge in [0.25, 0.3) is 5.82 Å². The van der Waals surface area contributed by atoms with Gasteiger partial charge in [-0.25, -0.2) is 9.67 Å². The van der Waals surface area contributed by atoms with Crippen molar-refractivity contribution in [1.29, 1.82) is 5.26 Å². The Hall–Kier alpha value is -1.90. The van der Waals surface area contributed by atoms with E-state index in [1.54, 1.807) is 0 Å². The predicted molar refractivity (Wildman–Crippen MR) is 71.4 cm³/mol. The highest BCUT2D eigenvalue weighted by Crippen LogP contribution is 2.35. The second kappa shape index (κ2) is 5.61. The molecule has 1 aromatic heterocycles. The third-order valence-electron chi connectivity index (χ3n) is 4.50. The van der Waals surface area contributed by atoms with Gasteiger partial charge in [-0.2, -0.15) is 5.26 Å². The lowest BCUT2D eigenvalue weighted by atomic mass is 9.78. The first kappa shape index (κ1) is 13.1. The molecule has 1 saturated heterocycles. The lowest BCUT2D eigenvalue weighted by molar-refractivity contribution is -0.138. The number of hydrogen-bond donors (Lipinski definition) is 0. The van der Waals surface area contributed by atoms with Crippen LogP contribution in [0.4, 0.5) is 0 Å². The molecule has 1 amide bonds. The molecular formula is C14H19N5O. The van der Waals surface area contributed by atoms with E-state index in [2.05, 4.69) is 10.1 Å². The van der Waals surface area contributed by atoms with Gasteiger partial charge < -0.3 is 4.90 Å². The zero-order chi connectivity index (χ0) is 13.9. The van der Waals surface area contributed by atoms with Gasteiger partial charge in [0.05, 0.1) is 0 Å². The van der Waals surface area contributed by atoms with Crippen LogP contribution in [0.25, 0.3) is 0 Å². The Bertz CT molecular complexity index is 530. The molecule has 0 N–H and O–H groups in total. The predicted octanol–water partition coefficient (Wildman–Crippen LogP) is 1.33. The zero-order valence-electron chi connectivity index (χ0n) is 11.5. The van der Waals surface area contributed by atoms with E-state index in [9.17, 15) is 4.79 Å². The molecule has 2 atom stereocenters. The maximum atomic E-state index is 12.5. The number of aromatic nitrogens is 3. The maximum absolute atomic E-state index is 12.5. The van der Waals surface area contributed by atoms with Crippen LogP contribution in [-0.4, -0.2) is 38.2 Å². The zero-order valence-corrected chi connectivity index (χ0v) is 11.5. The Morgan fingerprint density at radius 3 is 2.95 bits per heavy atom. The highest BCUT2D eigenvalue weighted by molar-refractivity contribution is 5.76. The molecule has 0 bridgehead atoms. The van der Waals surface area contributed by atoms with Gasteiger partial charge in [0.1, 0.15) is 18.9 Å². The topological polar surface area (TPSA) is 74.8 Å². The smallest absolute Gasteiger partial charge is 0.252 e. The van der Waals surface area contributed by atoms with Crippen LogP contribution >= 0.6 is 0 Å². The van der Waals surface area contributed by atoms with E-state index in [0.29, 0.717) is 12.0 Å². The molecule has 106 valence electrons. The van der Waals surface area contributed by atoms with E-state index in [4.69, 9.17) is 5.26 Å². The molecule has 1 aliphatic carbocycles.